The highest BCUT2D eigenvalue weighted by Gasteiger charge is 2.09. The number of hydrogen-bond acceptors (Lipinski definition) is 3. The SMILES string of the molecule is COc1ccc(F)cc1Cc1ccc(C)c(C(=N)/C=C/c2ccccn2)c1. The Morgan fingerprint density at radius 3 is 2.74 bits per heavy atom. The van der Waals surface area contributed by atoms with Gasteiger partial charge in [-0.3, -0.25) is 4.98 Å². The average Bonchev–Trinajstić information content (AvgIpc) is 2.68. The monoisotopic (exact) mass is 360 g/mol. The third-order valence-corrected chi connectivity index (χ3v) is 4.34. The Morgan fingerprint density at radius 2 is 2.00 bits per heavy atom. The maximum absolute atomic E-state index is 13.6. The molecule has 3 aromatic rings. The highest BCUT2D eigenvalue weighted by Crippen LogP contribution is 2.24. The van der Waals surface area contributed by atoms with Crippen molar-refractivity contribution in [1.29, 1.82) is 5.41 Å². The van der Waals surface area contributed by atoms with Crippen LogP contribution in [-0.2, 0) is 6.42 Å². The molecule has 1 aromatic heterocycles. The fourth-order valence-electron chi connectivity index (χ4n) is 2.91. The molecule has 0 saturated carbocycles. The first kappa shape index (κ1) is 18.5. The van der Waals surface area contributed by atoms with Gasteiger partial charge in [0.15, 0.2) is 0 Å². The molecule has 0 radical (unpaired) electrons. The van der Waals surface area contributed by atoms with Crippen molar-refractivity contribution in [2.24, 2.45) is 0 Å². The molecule has 0 unspecified atom stereocenters. The zero-order valence-electron chi connectivity index (χ0n) is 15.4. The van der Waals surface area contributed by atoms with E-state index in [1.54, 1.807) is 25.4 Å². The van der Waals surface area contributed by atoms with Crippen LogP contribution < -0.4 is 4.74 Å². The molecule has 0 aliphatic rings. The smallest absolute Gasteiger partial charge is 0.123 e. The summed E-state index contributed by atoms with van der Waals surface area (Å²) in [6.45, 7) is 1.98. The van der Waals surface area contributed by atoms with Gasteiger partial charge < -0.3 is 10.1 Å². The maximum atomic E-state index is 13.6. The Kier molecular flexibility index (Phi) is 5.77. The number of nitrogens with zero attached hydrogens (tertiary/aromatic N) is 1. The summed E-state index contributed by atoms with van der Waals surface area (Å²) in [4.78, 5) is 4.23. The van der Waals surface area contributed by atoms with Crippen LogP contribution in [0.15, 0.2) is 66.9 Å². The minimum absolute atomic E-state index is 0.288. The Hall–Kier alpha value is -3.27. The lowest BCUT2D eigenvalue weighted by Gasteiger charge is -2.11. The number of nitrogens with one attached hydrogen (secondary N) is 1. The van der Waals surface area contributed by atoms with Crippen LogP contribution in [0.3, 0.4) is 0 Å². The highest BCUT2D eigenvalue weighted by atomic mass is 19.1. The van der Waals surface area contributed by atoms with Gasteiger partial charge in [-0.05, 0) is 66.6 Å². The zero-order chi connectivity index (χ0) is 19.2. The summed E-state index contributed by atoms with van der Waals surface area (Å²) in [6, 6.07) is 16.1. The predicted molar refractivity (Wildman–Crippen MR) is 107 cm³/mol. The van der Waals surface area contributed by atoms with E-state index in [2.05, 4.69) is 4.98 Å². The lowest BCUT2D eigenvalue weighted by Crippen LogP contribution is -2.01. The van der Waals surface area contributed by atoms with Gasteiger partial charge in [0.25, 0.3) is 0 Å². The third-order valence-electron chi connectivity index (χ3n) is 4.34. The number of hydrogen-bond donors (Lipinski definition) is 1. The summed E-state index contributed by atoms with van der Waals surface area (Å²) in [5.41, 5.74) is 4.85. The van der Waals surface area contributed by atoms with Gasteiger partial charge in [-0.15, -0.1) is 0 Å². The molecule has 3 nitrogen and oxygen atoms in total. The number of allylic oxidation sites excluding steroid dienone is 1. The summed E-state index contributed by atoms with van der Waals surface area (Å²) in [5.74, 6) is 0.368. The van der Waals surface area contributed by atoms with Gasteiger partial charge >= 0.3 is 0 Å². The second-order valence-corrected chi connectivity index (χ2v) is 6.28. The Balaban J connectivity index is 1.85. The summed E-state index contributed by atoms with van der Waals surface area (Å²) < 4.78 is 18.9. The van der Waals surface area contributed by atoms with E-state index < -0.39 is 0 Å². The van der Waals surface area contributed by atoms with Gasteiger partial charge in [-0.2, -0.15) is 0 Å². The maximum Gasteiger partial charge on any atom is 0.123 e. The molecule has 0 atom stereocenters. The van der Waals surface area contributed by atoms with E-state index in [0.717, 1.165) is 27.9 Å². The molecule has 0 amide bonds. The van der Waals surface area contributed by atoms with Crippen LogP contribution in [-0.4, -0.2) is 17.8 Å². The largest absolute Gasteiger partial charge is 0.496 e. The zero-order valence-corrected chi connectivity index (χ0v) is 15.4. The molecule has 4 heteroatoms. The Morgan fingerprint density at radius 1 is 1.15 bits per heavy atom. The molecule has 0 aliphatic heterocycles. The number of aryl methyl sites for hydroxylation is 1. The molecular weight excluding hydrogens is 339 g/mol. The topological polar surface area (TPSA) is 46.0 Å². The van der Waals surface area contributed by atoms with Crippen LogP contribution in [0.2, 0.25) is 0 Å². The van der Waals surface area contributed by atoms with Crippen molar-refractivity contribution in [2.75, 3.05) is 7.11 Å². The number of methoxy groups -OCH3 is 1. The van der Waals surface area contributed by atoms with Crippen molar-refractivity contribution >= 4 is 11.8 Å². The van der Waals surface area contributed by atoms with Crippen LogP contribution in [0.4, 0.5) is 4.39 Å². The number of ether oxygens (including phenoxy) is 1. The van der Waals surface area contributed by atoms with Crippen molar-refractivity contribution < 1.29 is 9.13 Å². The van der Waals surface area contributed by atoms with E-state index in [1.165, 1.54) is 12.1 Å². The van der Waals surface area contributed by atoms with Crippen LogP contribution >= 0.6 is 0 Å². The molecule has 3 rings (SSSR count). The number of rotatable bonds is 6. The standard InChI is InChI=1S/C23H21FN2O/c1-16-6-7-17(13-18-15-19(24)8-11-23(18)27-2)14-21(16)22(25)10-9-20-5-3-4-12-26-20/h3-12,14-15,25H,13H2,1-2H3/b10-9+,25-22?. The van der Waals surface area contributed by atoms with Gasteiger partial charge in [0.2, 0.25) is 0 Å². The van der Waals surface area contributed by atoms with Gasteiger partial charge in [0.05, 0.1) is 18.5 Å². The van der Waals surface area contributed by atoms with E-state index in [-0.39, 0.29) is 5.82 Å². The van der Waals surface area contributed by atoms with Gasteiger partial charge in [0.1, 0.15) is 11.6 Å². The van der Waals surface area contributed by atoms with Crippen LogP contribution in [0.1, 0.15) is 27.9 Å². The second kappa shape index (κ2) is 8.41. The van der Waals surface area contributed by atoms with E-state index in [4.69, 9.17) is 10.1 Å². The van der Waals surface area contributed by atoms with Gasteiger partial charge in [-0.25, -0.2) is 4.39 Å². The van der Waals surface area contributed by atoms with Gasteiger partial charge in [0, 0.05) is 23.7 Å². The average molecular weight is 360 g/mol. The first-order valence-electron chi connectivity index (χ1n) is 8.67. The second-order valence-electron chi connectivity index (χ2n) is 6.28. The van der Waals surface area contributed by atoms with Gasteiger partial charge in [-0.1, -0.05) is 18.2 Å². The summed E-state index contributed by atoms with van der Waals surface area (Å²) >= 11 is 0. The molecule has 0 fully saturated rings. The molecule has 0 bridgehead atoms. The first-order valence-corrected chi connectivity index (χ1v) is 8.67. The Bertz CT molecular complexity index is 981. The van der Waals surface area contributed by atoms with Crippen LogP contribution in [0.5, 0.6) is 5.75 Å². The molecule has 0 saturated heterocycles. The highest BCUT2D eigenvalue weighted by molar-refractivity contribution is 6.09. The molecule has 136 valence electrons. The van der Waals surface area contributed by atoms with Crippen LogP contribution in [0.25, 0.3) is 6.08 Å². The van der Waals surface area contributed by atoms with E-state index in [1.807, 2.05) is 49.4 Å². The van der Waals surface area contributed by atoms with E-state index >= 15 is 0 Å². The minimum Gasteiger partial charge on any atom is -0.496 e. The van der Waals surface area contributed by atoms with E-state index in [9.17, 15) is 4.39 Å². The van der Waals surface area contributed by atoms with Crippen molar-refractivity contribution in [3.63, 3.8) is 0 Å². The van der Waals surface area contributed by atoms with Crippen molar-refractivity contribution in [3.8, 4) is 5.75 Å². The number of benzene rings is 2. The van der Waals surface area contributed by atoms with Crippen molar-refractivity contribution in [1.82, 2.24) is 4.98 Å². The number of halogens is 1. The Labute approximate surface area is 158 Å². The van der Waals surface area contributed by atoms with Crippen LogP contribution in [0, 0.1) is 18.2 Å². The summed E-state index contributed by atoms with van der Waals surface area (Å²) in [7, 11) is 1.58. The van der Waals surface area contributed by atoms with Crippen molar-refractivity contribution in [3.05, 3.63) is 101 Å². The lowest BCUT2D eigenvalue weighted by atomic mass is 9.96. The normalized spacial score (nSPS) is 10.9. The molecule has 1 N–H and O–H groups in total. The number of aromatic nitrogens is 1. The fourth-order valence-corrected chi connectivity index (χ4v) is 2.91. The molecule has 27 heavy (non-hydrogen) atoms. The molecule has 1 heterocycles. The molecular formula is C23H21FN2O. The first-order chi connectivity index (χ1) is 13.1. The van der Waals surface area contributed by atoms with Crippen molar-refractivity contribution in [2.45, 2.75) is 13.3 Å². The lowest BCUT2D eigenvalue weighted by molar-refractivity contribution is 0.409. The predicted octanol–water partition coefficient (Wildman–Crippen LogP) is 5.21. The summed E-state index contributed by atoms with van der Waals surface area (Å²) in [6.07, 6.45) is 5.83. The third kappa shape index (κ3) is 4.67. The quantitative estimate of drug-likeness (QED) is 0.613. The summed E-state index contributed by atoms with van der Waals surface area (Å²) in [5, 5.41) is 8.41. The molecule has 0 aliphatic carbocycles. The minimum atomic E-state index is -0.288. The molecule has 2 aromatic carbocycles. The fraction of sp³-hybridized carbons (Fsp3) is 0.130. The number of pyridine rings is 1. The van der Waals surface area contributed by atoms with E-state index in [0.29, 0.717) is 17.9 Å². The molecule has 0 spiro atoms.